The normalized spacial score (nSPS) is 14.4. The monoisotopic (exact) mass is 508 g/mol. The highest BCUT2D eigenvalue weighted by Gasteiger charge is 2.35. The summed E-state index contributed by atoms with van der Waals surface area (Å²) in [6.07, 6.45) is 1.70. The molecule has 0 aromatic heterocycles. The van der Waals surface area contributed by atoms with Crippen LogP contribution in [0.2, 0.25) is 0 Å². The van der Waals surface area contributed by atoms with Gasteiger partial charge in [0.25, 0.3) is 17.1 Å². The van der Waals surface area contributed by atoms with Gasteiger partial charge in [0, 0.05) is 5.69 Å². The summed E-state index contributed by atoms with van der Waals surface area (Å²) in [6, 6.07) is 28.4. The molecule has 1 aliphatic heterocycles. The number of carbonyl (C=O) groups is 3. The second kappa shape index (κ2) is 10.7. The van der Waals surface area contributed by atoms with Crippen molar-refractivity contribution >= 4 is 51.4 Å². The van der Waals surface area contributed by atoms with Crippen molar-refractivity contribution in [3.8, 4) is 5.75 Å². The number of fused-ring (bicyclic) bond motifs is 1. The summed E-state index contributed by atoms with van der Waals surface area (Å²) in [5.74, 6) is -0.0319. The molecule has 6 nitrogen and oxygen atoms in total. The van der Waals surface area contributed by atoms with E-state index in [0.29, 0.717) is 10.7 Å². The van der Waals surface area contributed by atoms with Gasteiger partial charge >= 0.3 is 0 Å². The highest BCUT2D eigenvalue weighted by molar-refractivity contribution is 8.18. The maximum absolute atomic E-state index is 13.0. The average Bonchev–Trinajstić information content (AvgIpc) is 3.17. The smallest absolute Gasteiger partial charge is 0.293 e. The minimum atomic E-state index is -0.309. The number of rotatable bonds is 7. The molecule has 0 unspecified atom stereocenters. The van der Waals surface area contributed by atoms with Gasteiger partial charge in [-0.15, -0.1) is 0 Å². The van der Waals surface area contributed by atoms with Gasteiger partial charge in [-0.2, -0.15) is 0 Å². The maximum Gasteiger partial charge on any atom is 0.293 e. The number of nitrogens with one attached hydrogen (secondary N) is 1. The van der Waals surface area contributed by atoms with Crippen LogP contribution in [0.25, 0.3) is 16.8 Å². The Bertz CT molecular complexity index is 1520. The number of hydrogen-bond donors (Lipinski definition) is 1. The Hall–Kier alpha value is -4.36. The molecule has 0 aliphatic carbocycles. The molecule has 0 saturated carbocycles. The van der Waals surface area contributed by atoms with Crippen molar-refractivity contribution in [2.24, 2.45) is 0 Å². The number of nitrogens with zero attached hydrogens (tertiary/aromatic N) is 1. The van der Waals surface area contributed by atoms with E-state index in [4.69, 9.17) is 4.74 Å². The van der Waals surface area contributed by atoms with E-state index in [2.05, 4.69) is 5.32 Å². The lowest BCUT2D eigenvalue weighted by molar-refractivity contribution is -0.123. The minimum absolute atomic E-state index is 0.124. The summed E-state index contributed by atoms with van der Waals surface area (Å²) >= 11 is 0.936. The molecule has 1 heterocycles. The first-order valence-electron chi connectivity index (χ1n) is 11.8. The fraction of sp³-hybridized carbons (Fsp3) is 0.100. The predicted octanol–water partition coefficient (Wildman–Crippen LogP) is 6.40. The van der Waals surface area contributed by atoms with Gasteiger partial charge in [0.05, 0.1) is 11.4 Å². The second-order valence-corrected chi connectivity index (χ2v) is 9.62. The molecule has 0 atom stereocenters. The van der Waals surface area contributed by atoms with Crippen LogP contribution in [0, 0.1) is 6.92 Å². The summed E-state index contributed by atoms with van der Waals surface area (Å²) in [4.78, 5) is 39.5. The first-order chi connectivity index (χ1) is 18.0. The fourth-order valence-corrected chi connectivity index (χ4v) is 4.94. The Kier molecular flexibility index (Phi) is 7.05. The molecule has 0 bridgehead atoms. The number of hydrogen-bond acceptors (Lipinski definition) is 5. The van der Waals surface area contributed by atoms with Gasteiger partial charge in [0.2, 0.25) is 0 Å². The molecule has 4 aromatic carbocycles. The van der Waals surface area contributed by atoms with E-state index in [1.165, 1.54) is 4.90 Å². The maximum atomic E-state index is 13.0. The van der Waals surface area contributed by atoms with Crippen LogP contribution in [0.1, 0.15) is 16.7 Å². The third-order valence-electron chi connectivity index (χ3n) is 6.05. The third-order valence-corrected chi connectivity index (χ3v) is 6.96. The van der Waals surface area contributed by atoms with Crippen molar-refractivity contribution < 1.29 is 19.1 Å². The topological polar surface area (TPSA) is 75.7 Å². The van der Waals surface area contributed by atoms with E-state index >= 15 is 0 Å². The zero-order valence-electron chi connectivity index (χ0n) is 20.1. The lowest BCUT2D eigenvalue weighted by Gasteiger charge is -2.14. The number of aryl methyl sites for hydroxylation is 1. The van der Waals surface area contributed by atoms with Crippen molar-refractivity contribution in [2.75, 3.05) is 11.9 Å². The van der Waals surface area contributed by atoms with Crippen LogP contribution in [0.15, 0.2) is 95.9 Å². The molecule has 37 heavy (non-hydrogen) atoms. The molecule has 0 radical (unpaired) electrons. The van der Waals surface area contributed by atoms with Crippen LogP contribution in [-0.4, -0.2) is 28.6 Å². The molecule has 1 aliphatic rings. The summed E-state index contributed by atoms with van der Waals surface area (Å²) in [6.45, 7) is 2.02. The lowest BCUT2D eigenvalue weighted by Crippen LogP contribution is -2.27. The van der Waals surface area contributed by atoms with E-state index in [0.717, 1.165) is 44.9 Å². The predicted molar refractivity (Wildman–Crippen MR) is 147 cm³/mol. The lowest BCUT2D eigenvalue weighted by atomic mass is 10.0. The summed E-state index contributed by atoms with van der Waals surface area (Å²) in [7, 11) is 0. The number of ether oxygens (including phenoxy) is 1. The van der Waals surface area contributed by atoms with Crippen molar-refractivity contribution in [1.29, 1.82) is 0 Å². The molecule has 1 fully saturated rings. The first kappa shape index (κ1) is 24.3. The van der Waals surface area contributed by atoms with Crippen LogP contribution >= 0.6 is 11.8 Å². The van der Waals surface area contributed by atoms with E-state index < -0.39 is 0 Å². The molecule has 1 N–H and O–H groups in total. The Morgan fingerprint density at radius 2 is 1.65 bits per heavy atom. The number of amides is 3. The summed E-state index contributed by atoms with van der Waals surface area (Å²) < 4.78 is 5.59. The van der Waals surface area contributed by atoms with E-state index in [1.807, 2.05) is 73.7 Å². The van der Waals surface area contributed by atoms with Gasteiger partial charge in [0.15, 0.2) is 6.61 Å². The quantitative estimate of drug-likeness (QED) is 0.292. The van der Waals surface area contributed by atoms with Gasteiger partial charge in [-0.25, -0.2) is 0 Å². The average molecular weight is 509 g/mol. The number of imide groups is 1. The zero-order chi connectivity index (χ0) is 25.8. The van der Waals surface area contributed by atoms with Crippen molar-refractivity contribution in [1.82, 2.24) is 4.90 Å². The Morgan fingerprint density at radius 1 is 0.919 bits per heavy atom. The number of benzene rings is 4. The van der Waals surface area contributed by atoms with Gasteiger partial charge in [-0.3, -0.25) is 19.3 Å². The molecular formula is C30H24N2O4S. The Balaban J connectivity index is 1.21. The van der Waals surface area contributed by atoms with Crippen LogP contribution < -0.4 is 10.1 Å². The largest absolute Gasteiger partial charge is 0.484 e. The standard InChI is InChI=1S/C30H24N2O4S/c1-20-7-2-5-12-26(20)31-28(33)19-36-24-15-13-21(14-16-24)17-27-29(34)32(30(35)37-27)18-23-10-6-9-22-8-3-4-11-25(22)23/h2-17H,18-19H2,1H3,(H,31,33)/b27-17-. The summed E-state index contributed by atoms with van der Waals surface area (Å²) in [5, 5.41) is 4.63. The van der Waals surface area contributed by atoms with E-state index in [9.17, 15) is 14.4 Å². The van der Waals surface area contributed by atoms with Crippen LogP contribution in [0.5, 0.6) is 5.75 Å². The van der Waals surface area contributed by atoms with Gasteiger partial charge in [-0.1, -0.05) is 72.8 Å². The summed E-state index contributed by atoms with van der Waals surface area (Å²) in [5.41, 5.74) is 3.41. The van der Waals surface area contributed by atoms with E-state index in [1.54, 1.807) is 30.3 Å². The molecule has 7 heteroatoms. The molecule has 3 amide bonds. The number of thioether (sulfide) groups is 1. The van der Waals surface area contributed by atoms with Crippen molar-refractivity contribution in [3.63, 3.8) is 0 Å². The van der Waals surface area contributed by atoms with Crippen LogP contribution in [-0.2, 0) is 16.1 Å². The molecule has 0 spiro atoms. The fourth-order valence-electron chi connectivity index (χ4n) is 4.10. The van der Waals surface area contributed by atoms with E-state index in [-0.39, 0.29) is 30.2 Å². The van der Waals surface area contributed by atoms with Crippen LogP contribution in [0.4, 0.5) is 10.5 Å². The van der Waals surface area contributed by atoms with Gasteiger partial charge in [0.1, 0.15) is 5.75 Å². The first-order valence-corrected chi connectivity index (χ1v) is 12.6. The number of para-hydroxylation sites is 1. The van der Waals surface area contributed by atoms with Gasteiger partial charge < -0.3 is 10.1 Å². The van der Waals surface area contributed by atoms with Gasteiger partial charge in [-0.05, 0) is 70.4 Å². The molecule has 184 valence electrons. The number of anilines is 1. The highest BCUT2D eigenvalue weighted by Crippen LogP contribution is 2.34. The Morgan fingerprint density at radius 3 is 2.46 bits per heavy atom. The van der Waals surface area contributed by atoms with Crippen molar-refractivity contribution in [3.05, 3.63) is 113 Å². The molecular weight excluding hydrogens is 484 g/mol. The molecule has 1 saturated heterocycles. The Labute approximate surface area is 218 Å². The third kappa shape index (κ3) is 5.57. The van der Waals surface area contributed by atoms with Crippen molar-refractivity contribution in [2.45, 2.75) is 13.5 Å². The minimum Gasteiger partial charge on any atom is -0.484 e. The van der Waals surface area contributed by atoms with Crippen LogP contribution in [0.3, 0.4) is 0 Å². The SMILES string of the molecule is Cc1ccccc1NC(=O)COc1ccc(/C=C2\SC(=O)N(Cc3cccc4ccccc34)C2=O)cc1. The molecule has 4 aromatic rings. The second-order valence-electron chi connectivity index (χ2n) is 8.63. The zero-order valence-corrected chi connectivity index (χ0v) is 21.0. The number of carbonyl (C=O) groups excluding carboxylic acids is 3. The molecule has 5 rings (SSSR count). The highest BCUT2D eigenvalue weighted by atomic mass is 32.2.